The van der Waals surface area contributed by atoms with Gasteiger partial charge >= 0.3 is 0 Å². The van der Waals surface area contributed by atoms with E-state index in [4.69, 9.17) is 0 Å². The Labute approximate surface area is 242 Å². The second kappa shape index (κ2) is 14.1. The Hall–Kier alpha value is -3.97. The molecular weight excluding hydrogens is 536 g/mol. The van der Waals surface area contributed by atoms with Crippen molar-refractivity contribution in [2.45, 2.75) is 74.0 Å². The van der Waals surface area contributed by atoms with Gasteiger partial charge in [0.25, 0.3) is 0 Å². The molecule has 0 aliphatic heterocycles. The second-order valence-electron chi connectivity index (χ2n) is 10.5. The molecule has 0 aliphatic rings. The summed E-state index contributed by atoms with van der Waals surface area (Å²) in [6.45, 7) is 0. The molecule has 0 amide bonds. The SMILES string of the molecule is O=S(=O)(c1cc(O)cc(CCCCCc2ccccc2)c1O)c1cc(O)cc(CCCCCc2ccccc2)c1O. The highest BCUT2D eigenvalue weighted by molar-refractivity contribution is 7.91. The van der Waals surface area contributed by atoms with E-state index in [2.05, 4.69) is 24.3 Å². The zero-order valence-electron chi connectivity index (χ0n) is 23.2. The molecule has 0 spiro atoms. The maximum Gasteiger partial charge on any atom is 0.214 e. The van der Waals surface area contributed by atoms with Gasteiger partial charge in [0.1, 0.15) is 32.8 Å². The topological polar surface area (TPSA) is 115 Å². The number of phenols is 4. The summed E-state index contributed by atoms with van der Waals surface area (Å²) in [6, 6.07) is 25.0. The molecule has 4 aromatic carbocycles. The van der Waals surface area contributed by atoms with Gasteiger partial charge in [0, 0.05) is 12.1 Å². The summed E-state index contributed by atoms with van der Waals surface area (Å²) >= 11 is 0. The van der Waals surface area contributed by atoms with Gasteiger partial charge in [-0.25, -0.2) is 8.42 Å². The van der Waals surface area contributed by atoms with Crippen molar-refractivity contribution < 1.29 is 28.8 Å². The van der Waals surface area contributed by atoms with Crippen molar-refractivity contribution in [2.24, 2.45) is 0 Å². The highest BCUT2D eigenvalue weighted by Crippen LogP contribution is 2.41. The van der Waals surface area contributed by atoms with Gasteiger partial charge < -0.3 is 20.4 Å². The number of sulfone groups is 1. The first-order chi connectivity index (χ1) is 19.8. The minimum absolute atomic E-state index is 0.293. The van der Waals surface area contributed by atoms with Crippen LogP contribution in [0.25, 0.3) is 0 Å². The highest BCUT2D eigenvalue weighted by atomic mass is 32.2. The monoisotopic (exact) mass is 574 g/mol. The molecule has 0 saturated heterocycles. The Morgan fingerprint density at radius 3 is 1.22 bits per heavy atom. The quantitative estimate of drug-likeness (QED) is 0.0931. The Bertz CT molecular complexity index is 1420. The standard InChI is InChI=1S/C34H38O6S/c35-29-21-27(19-11-3-9-17-25-13-5-1-6-14-25)33(37)31(23-29)41(39,40)32-24-30(36)22-28(34(32)38)20-12-4-10-18-26-15-7-2-8-16-26/h1-2,5-8,13-16,21-24,35-38H,3-4,9-12,17-20H2. The molecule has 4 rings (SSSR count). The van der Waals surface area contributed by atoms with Crippen LogP contribution in [-0.2, 0) is 35.5 Å². The molecule has 0 unspecified atom stereocenters. The molecule has 7 heteroatoms. The lowest BCUT2D eigenvalue weighted by Gasteiger charge is -2.15. The third-order valence-electron chi connectivity index (χ3n) is 7.37. The zero-order valence-corrected chi connectivity index (χ0v) is 24.0. The molecule has 0 aliphatic carbocycles. The number of benzene rings is 4. The van der Waals surface area contributed by atoms with Gasteiger partial charge in [-0.3, -0.25) is 0 Å². The molecule has 0 radical (unpaired) electrons. The predicted molar refractivity (Wildman–Crippen MR) is 160 cm³/mol. The molecule has 41 heavy (non-hydrogen) atoms. The van der Waals surface area contributed by atoms with E-state index in [1.54, 1.807) is 0 Å². The van der Waals surface area contributed by atoms with E-state index < -0.39 is 31.1 Å². The van der Waals surface area contributed by atoms with Gasteiger partial charge in [-0.05, 0) is 85.8 Å². The molecule has 6 nitrogen and oxygen atoms in total. The zero-order chi connectivity index (χ0) is 29.2. The van der Waals surface area contributed by atoms with Crippen LogP contribution >= 0.6 is 0 Å². The van der Waals surface area contributed by atoms with Crippen LogP contribution in [0.5, 0.6) is 23.0 Å². The van der Waals surface area contributed by atoms with Crippen molar-refractivity contribution in [1.29, 1.82) is 0 Å². The van der Waals surface area contributed by atoms with Gasteiger partial charge in [-0.2, -0.15) is 0 Å². The van der Waals surface area contributed by atoms with Gasteiger partial charge in [-0.15, -0.1) is 0 Å². The fraction of sp³-hybridized carbons (Fsp3) is 0.294. The van der Waals surface area contributed by atoms with Crippen LogP contribution in [0.15, 0.2) is 94.7 Å². The van der Waals surface area contributed by atoms with Crippen LogP contribution in [0.3, 0.4) is 0 Å². The summed E-state index contributed by atoms with van der Waals surface area (Å²) in [5.41, 5.74) is 3.14. The molecule has 0 atom stereocenters. The van der Waals surface area contributed by atoms with E-state index in [1.807, 2.05) is 36.4 Å². The Morgan fingerprint density at radius 1 is 0.463 bits per heavy atom. The summed E-state index contributed by atoms with van der Waals surface area (Å²) in [4.78, 5) is -0.988. The van der Waals surface area contributed by atoms with E-state index >= 15 is 0 Å². The van der Waals surface area contributed by atoms with E-state index in [0.29, 0.717) is 36.8 Å². The third kappa shape index (κ3) is 8.04. The molecule has 0 aromatic heterocycles. The minimum Gasteiger partial charge on any atom is -0.508 e. The largest absolute Gasteiger partial charge is 0.508 e. The molecule has 0 bridgehead atoms. The Kier molecular flexibility index (Phi) is 10.3. The number of aromatic hydroxyl groups is 4. The van der Waals surface area contributed by atoms with E-state index in [9.17, 15) is 28.8 Å². The number of aryl methyl sites for hydroxylation is 4. The first kappa shape index (κ1) is 30.0. The van der Waals surface area contributed by atoms with Crippen LogP contribution < -0.4 is 0 Å². The second-order valence-corrected chi connectivity index (χ2v) is 12.4. The minimum atomic E-state index is -4.45. The summed E-state index contributed by atoms with van der Waals surface area (Å²) < 4.78 is 27.2. The smallest absolute Gasteiger partial charge is 0.214 e. The van der Waals surface area contributed by atoms with E-state index in [0.717, 1.165) is 50.7 Å². The van der Waals surface area contributed by atoms with E-state index in [1.165, 1.54) is 23.3 Å². The molecule has 4 N–H and O–H groups in total. The first-order valence-electron chi connectivity index (χ1n) is 14.2. The molecule has 0 saturated carbocycles. The highest BCUT2D eigenvalue weighted by Gasteiger charge is 2.29. The van der Waals surface area contributed by atoms with Gasteiger partial charge in [0.2, 0.25) is 9.84 Å². The first-order valence-corrected chi connectivity index (χ1v) is 15.7. The van der Waals surface area contributed by atoms with E-state index in [-0.39, 0.29) is 11.5 Å². The van der Waals surface area contributed by atoms with Crippen molar-refractivity contribution in [3.05, 3.63) is 107 Å². The lowest BCUT2D eigenvalue weighted by Crippen LogP contribution is -2.06. The van der Waals surface area contributed by atoms with Crippen molar-refractivity contribution in [2.75, 3.05) is 0 Å². The molecule has 0 heterocycles. The van der Waals surface area contributed by atoms with Crippen molar-refractivity contribution >= 4 is 9.84 Å². The number of unbranched alkanes of at least 4 members (excludes halogenated alkanes) is 4. The van der Waals surface area contributed by atoms with Crippen molar-refractivity contribution in [3.8, 4) is 23.0 Å². The van der Waals surface area contributed by atoms with Crippen LogP contribution in [0.2, 0.25) is 0 Å². The summed E-state index contributed by atoms with van der Waals surface area (Å²) in [7, 11) is -4.45. The van der Waals surface area contributed by atoms with Crippen LogP contribution in [0.1, 0.15) is 60.8 Å². The van der Waals surface area contributed by atoms with Crippen LogP contribution in [-0.4, -0.2) is 28.8 Å². The van der Waals surface area contributed by atoms with Crippen LogP contribution in [0.4, 0.5) is 0 Å². The molecule has 216 valence electrons. The van der Waals surface area contributed by atoms with Crippen molar-refractivity contribution in [3.63, 3.8) is 0 Å². The van der Waals surface area contributed by atoms with Crippen molar-refractivity contribution in [1.82, 2.24) is 0 Å². The molecule has 4 aromatic rings. The summed E-state index contributed by atoms with van der Waals surface area (Å²) in [6.07, 6.45) is 7.67. The molecular formula is C34H38O6S. The average Bonchev–Trinajstić information content (AvgIpc) is 2.96. The normalized spacial score (nSPS) is 11.5. The lowest BCUT2D eigenvalue weighted by atomic mass is 10.0. The molecule has 0 fully saturated rings. The number of hydrogen-bond acceptors (Lipinski definition) is 6. The van der Waals surface area contributed by atoms with Crippen LogP contribution in [0, 0.1) is 0 Å². The third-order valence-corrected chi connectivity index (χ3v) is 9.15. The number of rotatable bonds is 14. The lowest BCUT2D eigenvalue weighted by molar-refractivity contribution is 0.431. The fourth-order valence-corrected chi connectivity index (χ4v) is 6.70. The Morgan fingerprint density at radius 2 is 0.829 bits per heavy atom. The predicted octanol–water partition coefficient (Wildman–Crippen LogP) is 7.25. The van der Waals surface area contributed by atoms with Gasteiger partial charge in [0.15, 0.2) is 0 Å². The van der Waals surface area contributed by atoms with Gasteiger partial charge in [0.05, 0.1) is 0 Å². The van der Waals surface area contributed by atoms with Gasteiger partial charge in [-0.1, -0.05) is 73.5 Å². The number of hydrogen-bond donors (Lipinski definition) is 4. The Balaban J connectivity index is 1.43. The number of phenolic OH excluding ortho intramolecular Hbond substituents is 4. The average molecular weight is 575 g/mol. The summed E-state index contributed by atoms with van der Waals surface area (Å²) in [5.74, 6) is -1.48. The maximum atomic E-state index is 13.6. The maximum absolute atomic E-state index is 13.6. The fourth-order valence-electron chi connectivity index (χ4n) is 5.14. The summed E-state index contributed by atoms with van der Waals surface area (Å²) in [5, 5.41) is 42.5.